The minimum atomic E-state index is -0.940. The summed E-state index contributed by atoms with van der Waals surface area (Å²) in [5, 5.41) is 2.92. The van der Waals surface area contributed by atoms with Crippen molar-refractivity contribution in [3.8, 4) is 5.88 Å². The van der Waals surface area contributed by atoms with Gasteiger partial charge in [-0.05, 0) is 49.1 Å². The number of cyclic esters (lactones) is 1. The molecule has 0 spiro atoms. The number of hydrogen-bond donors (Lipinski definition) is 1. The molecule has 2 aliphatic rings. The number of benzene rings is 1. The average Bonchev–Trinajstić information content (AvgIpc) is 3.50. The van der Waals surface area contributed by atoms with Crippen LogP contribution in [-0.2, 0) is 9.53 Å². The van der Waals surface area contributed by atoms with Crippen molar-refractivity contribution < 1.29 is 23.5 Å². The Morgan fingerprint density at radius 2 is 2.11 bits per heavy atom. The maximum atomic E-state index is 13.9. The summed E-state index contributed by atoms with van der Waals surface area (Å²) in [7, 11) is 1.58. The SMILES string of the molecule is COc1ccc2nccc(N3CC[C@H](CNC(=O)[C@@H]4CN(c5ccc(C)c(F)c5)C(=O)O4)C3)c2n1. The number of ether oxygens (including phenoxy) is 2. The number of pyridine rings is 2. The van der Waals surface area contributed by atoms with Gasteiger partial charge in [-0.2, -0.15) is 0 Å². The van der Waals surface area contributed by atoms with Gasteiger partial charge in [0.15, 0.2) is 6.10 Å². The zero-order valence-corrected chi connectivity index (χ0v) is 19.5. The molecule has 0 saturated carbocycles. The second-order valence-electron chi connectivity index (χ2n) is 8.81. The van der Waals surface area contributed by atoms with E-state index in [0.717, 1.165) is 36.2 Å². The van der Waals surface area contributed by atoms with E-state index in [4.69, 9.17) is 9.47 Å². The maximum absolute atomic E-state index is 13.9. The summed E-state index contributed by atoms with van der Waals surface area (Å²) in [5.41, 5.74) is 3.40. The highest BCUT2D eigenvalue weighted by Gasteiger charge is 2.37. The lowest BCUT2D eigenvalue weighted by Crippen LogP contribution is -2.40. The van der Waals surface area contributed by atoms with Gasteiger partial charge < -0.3 is 19.7 Å². The van der Waals surface area contributed by atoms with Gasteiger partial charge in [-0.15, -0.1) is 0 Å². The molecule has 35 heavy (non-hydrogen) atoms. The van der Waals surface area contributed by atoms with E-state index in [0.29, 0.717) is 23.7 Å². The number of rotatable bonds is 6. The summed E-state index contributed by atoms with van der Waals surface area (Å²) < 4.78 is 24.4. The van der Waals surface area contributed by atoms with Gasteiger partial charge in [0.2, 0.25) is 5.88 Å². The molecule has 0 aliphatic carbocycles. The molecule has 0 unspecified atom stereocenters. The predicted octanol–water partition coefficient (Wildman–Crippen LogP) is 3.05. The number of carbonyl (C=O) groups is 2. The van der Waals surface area contributed by atoms with E-state index in [1.807, 2.05) is 12.1 Å². The number of hydrogen-bond acceptors (Lipinski definition) is 7. The fraction of sp³-hybridized carbons (Fsp3) is 0.360. The van der Waals surface area contributed by atoms with Crippen molar-refractivity contribution in [1.29, 1.82) is 0 Å². The van der Waals surface area contributed by atoms with Gasteiger partial charge in [-0.1, -0.05) is 6.07 Å². The first-order valence-electron chi connectivity index (χ1n) is 11.5. The highest BCUT2D eigenvalue weighted by molar-refractivity contribution is 5.95. The molecule has 0 bridgehead atoms. The fourth-order valence-corrected chi connectivity index (χ4v) is 4.50. The number of aromatic nitrogens is 2. The highest BCUT2D eigenvalue weighted by Crippen LogP contribution is 2.30. The lowest BCUT2D eigenvalue weighted by molar-refractivity contribution is -0.127. The van der Waals surface area contributed by atoms with Crippen molar-refractivity contribution in [3.05, 3.63) is 54.0 Å². The number of nitrogens with zero attached hydrogens (tertiary/aromatic N) is 4. The summed E-state index contributed by atoms with van der Waals surface area (Å²) in [5.74, 6) is -0.00674. The highest BCUT2D eigenvalue weighted by atomic mass is 19.1. The summed E-state index contributed by atoms with van der Waals surface area (Å²) in [6.07, 6.45) is 1.06. The third kappa shape index (κ3) is 4.55. The molecule has 2 atom stereocenters. The van der Waals surface area contributed by atoms with Crippen LogP contribution in [0.5, 0.6) is 5.88 Å². The Morgan fingerprint density at radius 1 is 1.26 bits per heavy atom. The number of methoxy groups -OCH3 is 1. The van der Waals surface area contributed by atoms with Crippen LogP contribution in [-0.4, -0.2) is 61.4 Å². The van der Waals surface area contributed by atoms with Crippen LogP contribution < -0.4 is 19.9 Å². The third-order valence-electron chi connectivity index (χ3n) is 6.51. The number of nitrogens with one attached hydrogen (secondary N) is 1. The predicted molar refractivity (Wildman–Crippen MR) is 128 cm³/mol. The van der Waals surface area contributed by atoms with Crippen molar-refractivity contribution >= 4 is 34.4 Å². The number of aryl methyl sites for hydroxylation is 1. The van der Waals surface area contributed by atoms with Gasteiger partial charge in [-0.3, -0.25) is 14.7 Å². The Bertz CT molecular complexity index is 1290. The van der Waals surface area contributed by atoms with E-state index in [2.05, 4.69) is 20.2 Å². The van der Waals surface area contributed by atoms with Crippen molar-refractivity contribution in [1.82, 2.24) is 15.3 Å². The van der Waals surface area contributed by atoms with E-state index in [1.54, 1.807) is 38.4 Å². The van der Waals surface area contributed by atoms with Crippen LogP contribution in [0.15, 0.2) is 42.6 Å². The quantitative estimate of drug-likeness (QED) is 0.580. The number of fused-ring (bicyclic) bond motifs is 1. The molecular formula is C25H26FN5O4. The molecule has 2 amide bonds. The third-order valence-corrected chi connectivity index (χ3v) is 6.51. The Morgan fingerprint density at radius 3 is 2.91 bits per heavy atom. The van der Waals surface area contributed by atoms with Crippen LogP contribution in [0.3, 0.4) is 0 Å². The van der Waals surface area contributed by atoms with Gasteiger partial charge in [-0.25, -0.2) is 14.2 Å². The molecule has 2 aliphatic heterocycles. The van der Waals surface area contributed by atoms with Crippen LogP contribution in [0.2, 0.25) is 0 Å². The monoisotopic (exact) mass is 479 g/mol. The number of halogens is 1. The molecular weight excluding hydrogens is 453 g/mol. The molecule has 2 aromatic heterocycles. The lowest BCUT2D eigenvalue weighted by Gasteiger charge is -2.20. The maximum Gasteiger partial charge on any atom is 0.415 e. The number of anilines is 2. The van der Waals surface area contributed by atoms with Gasteiger partial charge >= 0.3 is 6.09 Å². The second-order valence-corrected chi connectivity index (χ2v) is 8.81. The average molecular weight is 480 g/mol. The molecule has 2 saturated heterocycles. The van der Waals surface area contributed by atoms with Crippen molar-refractivity contribution in [2.75, 3.05) is 43.1 Å². The Labute approximate surface area is 201 Å². The smallest absolute Gasteiger partial charge is 0.415 e. The first-order valence-corrected chi connectivity index (χ1v) is 11.5. The second kappa shape index (κ2) is 9.36. The van der Waals surface area contributed by atoms with E-state index < -0.39 is 18.0 Å². The van der Waals surface area contributed by atoms with Gasteiger partial charge in [0.1, 0.15) is 11.3 Å². The fourth-order valence-electron chi connectivity index (χ4n) is 4.50. The van der Waals surface area contributed by atoms with Crippen LogP contribution in [0.25, 0.3) is 11.0 Å². The van der Waals surface area contributed by atoms with Crippen LogP contribution in [0.4, 0.5) is 20.6 Å². The molecule has 3 aromatic rings. The van der Waals surface area contributed by atoms with Gasteiger partial charge in [0, 0.05) is 31.9 Å². The van der Waals surface area contributed by atoms with E-state index in [1.165, 1.54) is 11.0 Å². The normalized spacial score (nSPS) is 19.8. The van der Waals surface area contributed by atoms with Crippen LogP contribution >= 0.6 is 0 Å². The molecule has 1 N–H and O–H groups in total. The molecule has 4 heterocycles. The number of carbonyl (C=O) groups excluding carboxylic acids is 2. The van der Waals surface area contributed by atoms with Crippen LogP contribution in [0.1, 0.15) is 12.0 Å². The summed E-state index contributed by atoms with van der Waals surface area (Å²) in [4.78, 5) is 37.4. The summed E-state index contributed by atoms with van der Waals surface area (Å²) >= 11 is 0. The zero-order valence-electron chi connectivity index (χ0n) is 19.5. The molecule has 9 nitrogen and oxygen atoms in total. The Kier molecular flexibility index (Phi) is 6.10. The summed E-state index contributed by atoms with van der Waals surface area (Å²) in [6.45, 7) is 3.72. The van der Waals surface area contributed by atoms with Gasteiger partial charge in [0.05, 0.1) is 30.5 Å². The van der Waals surface area contributed by atoms with Crippen LogP contribution in [0, 0.1) is 18.7 Å². The first kappa shape index (κ1) is 22.8. The molecule has 2 fully saturated rings. The van der Waals surface area contributed by atoms with Gasteiger partial charge in [0.25, 0.3) is 5.91 Å². The van der Waals surface area contributed by atoms with E-state index >= 15 is 0 Å². The minimum Gasteiger partial charge on any atom is -0.481 e. The Balaban J connectivity index is 1.18. The van der Waals surface area contributed by atoms with Crippen molar-refractivity contribution in [2.24, 2.45) is 5.92 Å². The molecule has 5 rings (SSSR count). The molecule has 10 heteroatoms. The standard InChI is InChI=1S/C25H26FN5O4/c1-15-3-4-17(11-18(15)26)31-14-21(35-25(31)33)24(32)28-12-16-8-10-30(13-16)20-7-9-27-19-5-6-22(34-2)29-23(19)20/h3-7,9,11,16,21H,8,10,12-14H2,1-2H3,(H,28,32)/t16-,21+/m1/s1. The largest absolute Gasteiger partial charge is 0.481 e. The van der Waals surface area contributed by atoms with E-state index in [9.17, 15) is 14.0 Å². The van der Waals surface area contributed by atoms with Crippen molar-refractivity contribution in [3.63, 3.8) is 0 Å². The first-order chi connectivity index (χ1) is 16.9. The lowest BCUT2D eigenvalue weighted by atomic mass is 10.1. The molecule has 1 aromatic carbocycles. The molecule has 0 radical (unpaired) electrons. The Hall–Kier alpha value is -3.95. The minimum absolute atomic E-state index is 0.0421. The molecule has 182 valence electrons. The van der Waals surface area contributed by atoms with Crippen molar-refractivity contribution in [2.45, 2.75) is 19.4 Å². The topological polar surface area (TPSA) is 96.9 Å². The van der Waals surface area contributed by atoms with E-state index in [-0.39, 0.29) is 18.4 Å². The summed E-state index contributed by atoms with van der Waals surface area (Å²) in [6, 6.07) is 10.1. The zero-order chi connectivity index (χ0) is 24.5. The number of amides is 2.